The molecule has 2 rings (SSSR count). The molecule has 0 aromatic heterocycles. The minimum atomic E-state index is 0.237. The van der Waals surface area contributed by atoms with E-state index in [1.54, 1.807) is 0 Å². The van der Waals surface area contributed by atoms with E-state index in [-0.39, 0.29) is 6.04 Å². The molecule has 1 aromatic carbocycles. The number of benzene rings is 1. The van der Waals surface area contributed by atoms with Gasteiger partial charge in [0.25, 0.3) is 0 Å². The van der Waals surface area contributed by atoms with Crippen LogP contribution in [0, 0.1) is 0 Å². The first-order valence-electron chi connectivity index (χ1n) is 7.07. The molecule has 0 amide bonds. The van der Waals surface area contributed by atoms with Crippen LogP contribution in [-0.4, -0.2) is 30.6 Å². The summed E-state index contributed by atoms with van der Waals surface area (Å²) in [6.07, 6.45) is 3.20. The maximum absolute atomic E-state index is 6.18. The number of anilines is 1. The van der Waals surface area contributed by atoms with Gasteiger partial charge >= 0.3 is 0 Å². The van der Waals surface area contributed by atoms with Crippen LogP contribution in [0.15, 0.2) is 18.2 Å². The Morgan fingerprint density at radius 1 is 1.37 bits per heavy atom. The van der Waals surface area contributed by atoms with Crippen LogP contribution in [0.5, 0.6) is 0 Å². The van der Waals surface area contributed by atoms with Crippen molar-refractivity contribution < 1.29 is 0 Å². The lowest BCUT2D eigenvalue weighted by molar-refractivity contribution is 0.644. The monoisotopic (exact) mass is 298 g/mol. The maximum atomic E-state index is 6.18. The van der Waals surface area contributed by atoms with Crippen LogP contribution in [0.2, 0.25) is 5.02 Å². The Kier molecular flexibility index (Phi) is 5.86. The summed E-state index contributed by atoms with van der Waals surface area (Å²) in [4.78, 5) is 2.48. The molecule has 1 heterocycles. The van der Waals surface area contributed by atoms with Gasteiger partial charge in [-0.15, -0.1) is 0 Å². The molecule has 0 radical (unpaired) electrons. The Balaban J connectivity index is 2.22. The average Bonchev–Trinajstić information content (AvgIpc) is 2.69. The molecule has 1 aromatic rings. The number of rotatable bonds is 4. The van der Waals surface area contributed by atoms with Gasteiger partial charge in [-0.1, -0.05) is 24.6 Å². The third-order valence-electron chi connectivity index (χ3n) is 3.62. The Morgan fingerprint density at radius 2 is 2.21 bits per heavy atom. The topological polar surface area (TPSA) is 29.3 Å². The van der Waals surface area contributed by atoms with Gasteiger partial charge < -0.3 is 10.6 Å². The number of hydrogen-bond acceptors (Lipinski definition) is 3. The van der Waals surface area contributed by atoms with Crippen molar-refractivity contribution in [2.75, 3.05) is 29.5 Å². The fourth-order valence-corrected chi connectivity index (χ4v) is 3.47. The molecule has 19 heavy (non-hydrogen) atoms. The van der Waals surface area contributed by atoms with E-state index in [0.717, 1.165) is 31.0 Å². The first-order chi connectivity index (χ1) is 9.20. The molecule has 0 bridgehead atoms. The molecule has 1 fully saturated rings. The molecule has 0 saturated carbocycles. The molecule has 1 atom stereocenters. The molecule has 106 valence electrons. The Morgan fingerprint density at radius 3 is 3.00 bits per heavy atom. The highest BCUT2D eigenvalue weighted by Gasteiger charge is 2.15. The van der Waals surface area contributed by atoms with Crippen LogP contribution in [0.4, 0.5) is 5.69 Å². The summed E-state index contributed by atoms with van der Waals surface area (Å²) in [5, 5.41) is 0.820. The molecule has 2 N–H and O–H groups in total. The fraction of sp³-hybridized carbons (Fsp3) is 0.600. The second-order valence-electron chi connectivity index (χ2n) is 5.10. The average molecular weight is 299 g/mol. The molecule has 4 heteroatoms. The van der Waals surface area contributed by atoms with Crippen LogP contribution >= 0.6 is 23.4 Å². The summed E-state index contributed by atoms with van der Waals surface area (Å²) in [5.41, 5.74) is 8.75. The van der Waals surface area contributed by atoms with E-state index in [0.29, 0.717) is 0 Å². The molecule has 1 saturated heterocycles. The Bertz CT molecular complexity index is 403. The lowest BCUT2D eigenvalue weighted by atomic mass is 10.0. The van der Waals surface area contributed by atoms with Crippen molar-refractivity contribution in [1.29, 1.82) is 0 Å². The summed E-state index contributed by atoms with van der Waals surface area (Å²) in [7, 11) is 0. The van der Waals surface area contributed by atoms with E-state index in [4.69, 9.17) is 17.3 Å². The first kappa shape index (κ1) is 15.0. The van der Waals surface area contributed by atoms with Crippen molar-refractivity contribution in [2.45, 2.75) is 32.2 Å². The highest BCUT2D eigenvalue weighted by atomic mass is 35.5. The molecule has 1 unspecified atom stereocenters. The highest BCUT2D eigenvalue weighted by molar-refractivity contribution is 7.99. The molecular formula is C15H23ClN2S. The van der Waals surface area contributed by atoms with Crippen molar-refractivity contribution >= 4 is 29.1 Å². The zero-order valence-corrected chi connectivity index (χ0v) is 13.1. The van der Waals surface area contributed by atoms with E-state index in [1.165, 1.54) is 29.2 Å². The van der Waals surface area contributed by atoms with E-state index in [9.17, 15) is 0 Å². The van der Waals surface area contributed by atoms with Gasteiger partial charge in [-0.25, -0.2) is 0 Å². The number of nitrogens with two attached hydrogens (primary N) is 1. The van der Waals surface area contributed by atoms with Crippen molar-refractivity contribution in [3.63, 3.8) is 0 Å². The number of thioether (sulfide) groups is 1. The predicted molar refractivity (Wildman–Crippen MR) is 87.6 cm³/mol. The quantitative estimate of drug-likeness (QED) is 0.921. The van der Waals surface area contributed by atoms with Gasteiger partial charge in [0.15, 0.2) is 0 Å². The molecule has 0 spiro atoms. The molecule has 0 aliphatic carbocycles. The second kappa shape index (κ2) is 7.41. The Hall–Kier alpha value is -0.380. The fourth-order valence-electron chi connectivity index (χ4n) is 2.42. The van der Waals surface area contributed by atoms with E-state index in [2.05, 4.69) is 24.0 Å². The normalized spacial score (nSPS) is 18.2. The molecule has 1 aliphatic rings. The van der Waals surface area contributed by atoms with Crippen LogP contribution in [0.1, 0.15) is 25.3 Å². The van der Waals surface area contributed by atoms with Gasteiger partial charge in [0.05, 0.1) is 0 Å². The summed E-state index contributed by atoms with van der Waals surface area (Å²) in [6.45, 7) is 4.38. The number of halogens is 1. The Labute approximate surface area is 125 Å². The number of hydrogen-bond donors (Lipinski definition) is 1. The third kappa shape index (κ3) is 4.30. The van der Waals surface area contributed by atoms with Gasteiger partial charge in [-0.3, -0.25) is 0 Å². The summed E-state index contributed by atoms with van der Waals surface area (Å²) < 4.78 is 0. The minimum Gasteiger partial charge on any atom is -0.370 e. The lowest BCUT2D eigenvalue weighted by Crippen LogP contribution is -2.28. The van der Waals surface area contributed by atoms with E-state index >= 15 is 0 Å². The van der Waals surface area contributed by atoms with Crippen LogP contribution in [0.25, 0.3) is 0 Å². The van der Waals surface area contributed by atoms with Crippen LogP contribution < -0.4 is 10.6 Å². The van der Waals surface area contributed by atoms with Gasteiger partial charge in [-0.2, -0.15) is 11.8 Å². The van der Waals surface area contributed by atoms with Crippen LogP contribution in [0.3, 0.4) is 0 Å². The van der Waals surface area contributed by atoms with Gasteiger partial charge in [0, 0.05) is 35.6 Å². The van der Waals surface area contributed by atoms with Crippen molar-refractivity contribution in [3.05, 3.63) is 28.8 Å². The minimum absolute atomic E-state index is 0.237. The van der Waals surface area contributed by atoms with Gasteiger partial charge in [0.2, 0.25) is 0 Å². The van der Waals surface area contributed by atoms with Gasteiger partial charge in [0.1, 0.15) is 0 Å². The van der Waals surface area contributed by atoms with Gasteiger partial charge in [-0.05, 0) is 42.7 Å². The summed E-state index contributed by atoms with van der Waals surface area (Å²) in [6, 6.07) is 6.47. The van der Waals surface area contributed by atoms with E-state index in [1.807, 2.05) is 17.8 Å². The zero-order chi connectivity index (χ0) is 13.7. The number of nitrogens with zero attached hydrogens (tertiary/aromatic N) is 1. The zero-order valence-electron chi connectivity index (χ0n) is 11.6. The first-order valence-corrected chi connectivity index (χ1v) is 8.60. The smallest absolute Gasteiger partial charge is 0.0426 e. The predicted octanol–water partition coefficient (Wildman–Crippen LogP) is 3.56. The van der Waals surface area contributed by atoms with Crippen molar-refractivity contribution in [2.24, 2.45) is 5.73 Å². The van der Waals surface area contributed by atoms with Crippen molar-refractivity contribution in [3.8, 4) is 0 Å². The molecule has 1 aliphatic heterocycles. The standard InChI is InChI=1S/C15H23ClN2S/c1-2-14(17)10-12-4-5-13(16)11-15(12)18-6-3-8-19-9-7-18/h4-5,11,14H,2-3,6-10,17H2,1H3. The largest absolute Gasteiger partial charge is 0.370 e. The van der Waals surface area contributed by atoms with Crippen LogP contribution in [-0.2, 0) is 6.42 Å². The maximum Gasteiger partial charge on any atom is 0.0426 e. The summed E-state index contributed by atoms with van der Waals surface area (Å²) in [5.74, 6) is 2.46. The van der Waals surface area contributed by atoms with E-state index < -0.39 is 0 Å². The third-order valence-corrected chi connectivity index (χ3v) is 4.90. The second-order valence-corrected chi connectivity index (χ2v) is 6.76. The molecule has 2 nitrogen and oxygen atoms in total. The molecular weight excluding hydrogens is 276 g/mol. The SMILES string of the molecule is CCC(N)Cc1ccc(Cl)cc1N1CCCSCC1. The highest BCUT2D eigenvalue weighted by Crippen LogP contribution is 2.28. The summed E-state index contributed by atoms with van der Waals surface area (Å²) >= 11 is 8.23. The lowest BCUT2D eigenvalue weighted by Gasteiger charge is -2.26. The van der Waals surface area contributed by atoms with Crippen molar-refractivity contribution in [1.82, 2.24) is 0 Å².